The Morgan fingerprint density at radius 1 is 1.03 bits per heavy atom. The number of halogens is 1. The fourth-order valence-corrected chi connectivity index (χ4v) is 3.59. The summed E-state index contributed by atoms with van der Waals surface area (Å²) in [7, 11) is 0. The number of aryl methyl sites for hydroxylation is 2. The van der Waals surface area contributed by atoms with E-state index in [1.807, 2.05) is 13.8 Å². The number of esters is 2. The van der Waals surface area contributed by atoms with Crippen LogP contribution in [-0.4, -0.2) is 45.5 Å². The molecule has 10 heteroatoms. The molecule has 0 spiro atoms. The number of rotatable bonds is 6. The summed E-state index contributed by atoms with van der Waals surface area (Å²) in [6.07, 6.45) is -1.17. The molecule has 1 saturated heterocycles. The number of carbonyl (C=O) groups excluding carboxylic acids is 2. The molecule has 3 atom stereocenters. The van der Waals surface area contributed by atoms with Gasteiger partial charge in [0.2, 0.25) is 0 Å². The predicted octanol–water partition coefficient (Wildman–Crippen LogP) is 3.28. The number of hydrogen-bond donors (Lipinski definition) is 0. The Balaban J connectivity index is 1.50. The number of nitrogens with zero attached hydrogens (tertiary/aromatic N) is 3. The zero-order chi connectivity index (χ0) is 24.2. The lowest BCUT2D eigenvalue weighted by Crippen LogP contribution is -2.32. The summed E-state index contributed by atoms with van der Waals surface area (Å²) in [5.41, 5.74) is 2.05. The maximum Gasteiger partial charge on any atom is 0.367 e. The van der Waals surface area contributed by atoms with Gasteiger partial charge in [0.05, 0.1) is 17.3 Å². The maximum atomic E-state index is 12.7. The van der Waals surface area contributed by atoms with Crippen LogP contribution in [0.5, 0.6) is 0 Å². The summed E-state index contributed by atoms with van der Waals surface area (Å²) in [5.74, 6) is -1.10. The molecular weight excluding hydrogens is 462 g/mol. The second-order valence-corrected chi connectivity index (χ2v) is 8.33. The molecule has 0 radical (unpaired) electrons. The third kappa shape index (κ3) is 5.49. The van der Waals surface area contributed by atoms with E-state index in [0.717, 1.165) is 15.8 Å². The average Bonchev–Trinajstić information content (AvgIpc) is 3.20. The Morgan fingerprint density at radius 2 is 1.62 bits per heavy atom. The molecule has 176 valence electrons. The molecule has 0 saturated carbocycles. The lowest BCUT2D eigenvalue weighted by atomic mass is 10.1. The molecular formula is C24H22ClN3O6. The predicted molar refractivity (Wildman–Crippen MR) is 122 cm³/mol. The van der Waals surface area contributed by atoms with Crippen molar-refractivity contribution in [2.24, 2.45) is 0 Å². The summed E-state index contributed by atoms with van der Waals surface area (Å²) in [5, 5.41) is 3.91. The molecule has 2 aromatic carbocycles. The van der Waals surface area contributed by atoms with E-state index < -0.39 is 36.1 Å². The van der Waals surface area contributed by atoms with E-state index in [0.29, 0.717) is 11.1 Å². The van der Waals surface area contributed by atoms with Crippen molar-refractivity contribution in [1.29, 1.82) is 0 Å². The van der Waals surface area contributed by atoms with Gasteiger partial charge >= 0.3 is 17.6 Å². The normalized spacial score (nSPS) is 19.6. The molecule has 0 bridgehead atoms. The van der Waals surface area contributed by atoms with Gasteiger partial charge in [-0.2, -0.15) is 14.8 Å². The Bertz CT molecular complexity index is 1240. The number of benzene rings is 2. The first-order chi connectivity index (χ1) is 16.3. The van der Waals surface area contributed by atoms with E-state index in [2.05, 4.69) is 10.1 Å². The van der Waals surface area contributed by atoms with Gasteiger partial charge in [-0.15, -0.1) is 0 Å². The van der Waals surface area contributed by atoms with Gasteiger partial charge in [0.15, 0.2) is 11.4 Å². The van der Waals surface area contributed by atoms with Crippen LogP contribution in [0.15, 0.2) is 59.5 Å². The van der Waals surface area contributed by atoms with Crippen molar-refractivity contribution >= 4 is 23.5 Å². The van der Waals surface area contributed by atoms with Gasteiger partial charge in [0, 0.05) is 6.42 Å². The van der Waals surface area contributed by atoms with Crippen LogP contribution < -0.4 is 5.69 Å². The van der Waals surface area contributed by atoms with Gasteiger partial charge in [-0.25, -0.2) is 14.4 Å². The highest BCUT2D eigenvalue weighted by atomic mass is 35.5. The topological polar surface area (TPSA) is 110 Å². The summed E-state index contributed by atoms with van der Waals surface area (Å²) in [4.78, 5) is 41.0. The van der Waals surface area contributed by atoms with Crippen LogP contribution in [0.25, 0.3) is 0 Å². The smallest absolute Gasteiger partial charge is 0.367 e. The molecule has 34 heavy (non-hydrogen) atoms. The van der Waals surface area contributed by atoms with Gasteiger partial charge in [-0.05, 0) is 38.1 Å². The van der Waals surface area contributed by atoms with E-state index in [1.54, 1.807) is 48.5 Å². The first kappa shape index (κ1) is 23.6. The largest absolute Gasteiger partial charge is 0.459 e. The van der Waals surface area contributed by atoms with E-state index in [4.69, 9.17) is 25.8 Å². The Kier molecular flexibility index (Phi) is 7.04. The maximum absolute atomic E-state index is 12.7. The summed E-state index contributed by atoms with van der Waals surface area (Å²) >= 11 is 5.73. The minimum absolute atomic E-state index is 0.0508. The SMILES string of the molecule is Cc1ccc(C(=O)OCC2OC(n3ncc(Cl)nc3=O)CC2OC(=O)c2ccc(C)cc2)cc1. The van der Waals surface area contributed by atoms with Crippen LogP contribution in [-0.2, 0) is 14.2 Å². The molecule has 0 amide bonds. The number of carbonyl (C=O) groups is 2. The highest BCUT2D eigenvalue weighted by Gasteiger charge is 2.41. The Labute approximate surface area is 200 Å². The van der Waals surface area contributed by atoms with E-state index in [-0.39, 0.29) is 18.2 Å². The Morgan fingerprint density at radius 3 is 2.21 bits per heavy atom. The molecule has 1 aliphatic heterocycles. The van der Waals surface area contributed by atoms with Crippen molar-refractivity contribution in [2.75, 3.05) is 6.61 Å². The van der Waals surface area contributed by atoms with Gasteiger partial charge in [-0.1, -0.05) is 47.0 Å². The van der Waals surface area contributed by atoms with Crippen LogP contribution in [0.4, 0.5) is 0 Å². The van der Waals surface area contributed by atoms with Crippen molar-refractivity contribution in [3.63, 3.8) is 0 Å². The van der Waals surface area contributed by atoms with Crippen LogP contribution >= 0.6 is 11.6 Å². The van der Waals surface area contributed by atoms with Gasteiger partial charge < -0.3 is 14.2 Å². The zero-order valence-corrected chi connectivity index (χ0v) is 19.3. The second kappa shape index (κ2) is 10.1. The van der Waals surface area contributed by atoms with E-state index in [1.165, 1.54) is 6.20 Å². The summed E-state index contributed by atoms with van der Waals surface area (Å²) in [6, 6.07) is 13.8. The minimum Gasteiger partial charge on any atom is -0.459 e. The van der Waals surface area contributed by atoms with E-state index >= 15 is 0 Å². The van der Waals surface area contributed by atoms with Gasteiger partial charge in [-0.3, -0.25) is 0 Å². The summed E-state index contributed by atoms with van der Waals surface area (Å²) in [6.45, 7) is 3.63. The van der Waals surface area contributed by atoms with Crippen molar-refractivity contribution in [1.82, 2.24) is 14.8 Å². The minimum atomic E-state index is -0.879. The van der Waals surface area contributed by atoms with Crippen molar-refractivity contribution < 1.29 is 23.8 Å². The molecule has 9 nitrogen and oxygen atoms in total. The van der Waals surface area contributed by atoms with Gasteiger partial charge in [0.1, 0.15) is 18.8 Å². The molecule has 3 aromatic rings. The zero-order valence-electron chi connectivity index (χ0n) is 18.5. The molecule has 0 N–H and O–H groups in total. The second-order valence-electron chi connectivity index (χ2n) is 7.95. The molecule has 1 fully saturated rings. The Hall–Kier alpha value is -3.56. The molecule has 1 aliphatic rings. The van der Waals surface area contributed by atoms with E-state index in [9.17, 15) is 14.4 Å². The lowest BCUT2D eigenvalue weighted by Gasteiger charge is -2.19. The first-order valence-corrected chi connectivity index (χ1v) is 11.0. The fourth-order valence-electron chi connectivity index (χ4n) is 3.48. The first-order valence-electron chi connectivity index (χ1n) is 10.6. The van der Waals surface area contributed by atoms with Crippen LogP contribution in [0, 0.1) is 13.8 Å². The third-order valence-corrected chi connectivity index (χ3v) is 5.53. The molecule has 3 unspecified atom stereocenters. The van der Waals surface area contributed by atoms with Gasteiger partial charge in [0.25, 0.3) is 0 Å². The quantitative estimate of drug-likeness (QED) is 0.491. The van der Waals surface area contributed by atoms with Crippen LogP contribution in [0.2, 0.25) is 5.15 Å². The average molecular weight is 484 g/mol. The van der Waals surface area contributed by atoms with Crippen LogP contribution in [0.1, 0.15) is 44.5 Å². The summed E-state index contributed by atoms with van der Waals surface area (Å²) < 4.78 is 18.0. The highest BCUT2D eigenvalue weighted by molar-refractivity contribution is 6.29. The van der Waals surface area contributed by atoms with Crippen molar-refractivity contribution in [3.05, 3.63) is 92.6 Å². The van der Waals surface area contributed by atoms with Crippen LogP contribution in [0.3, 0.4) is 0 Å². The molecule has 2 heterocycles. The monoisotopic (exact) mass is 483 g/mol. The standard InChI is InChI=1S/C24H22ClN3O6/c1-14-3-7-16(8-4-14)22(29)32-13-19-18(34-23(30)17-9-5-15(2)6-10-17)11-21(33-19)28-24(31)27-20(25)12-26-28/h3-10,12,18-19,21H,11,13H2,1-2H3. The number of hydrogen-bond acceptors (Lipinski definition) is 8. The molecule has 0 aliphatic carbocycles. The van der Waals surface area contributed by atoms with Crippen molar-refractivity contribution in [3.8, 4) is 0 Å². The molecule has 1 aromatic heterocycles. The third-order valence-electron chi connectivity index (χ3n) is 5.35. The van der Waals surface area contributed by atoms with Crippen molar-refractivity contribution in [2.45, 2.75) is 38.7 Å². The number of aromatic nitrogens is 3. The molecule has 4 rings (SSSR count). The number of ether oxygens (including phenoxy) is 3. The lowest BCUT2D eigenvalue weighted by molar-refractivity contribution is -0.0616. The fraction of sp³-hybridized carbons (Fsp3) is 0.292. The highest BCUT2D eigenvalue weighted by Crippen LogP contribution is 2.30.